The highest BCUT2D eigenvalue weighted by atomic mass is 32.2. The molecule has 4 aromatic rings. The van der Waals surface area contributed by atoms with E-state index in [1.807, 2.05) is 24.5 Å². The minimum Gasteiger partial charge on any atom is -0.437 e. The molecule has 0 radical (unpaired) electrons. The van der Waals surface area contributed by atoms with E-state index in [-0.39, 0.29) is 5.82 Å². The van der Waals surface area contributed by atoms with Gasteiger partial charge in [-0.15, -0.1) is 11.3 Å². The van der Waals surface area contributed by atoms with Crippen LogP contribution in [-0.2, 0) is 0 Å². The van der Waals surface area contributed by atoms with E-state index in [0.717, 1.165) is 20.3 Å². The third-order valence-electron chi connectivity index (χ3n) is 3.38. The highest BCUT2D eigenvalue weighted by molar-refractivity contribution is 7.98. The summed E-state index contributed by atoms with van der Waals surface area (Å²) in [6.45, 7) is 0. The predicted molar refractivity (Wildman–Crippen MR) is 93.2 cm³/mol. The van der Waals surface area contributed by atoms with Crippen molar-refractivity contribution in [2.24, 2.45) is 0 Å². The first-order chi connectivity index (χ1) is 11.2. The second-order valence-electron chi connectivity index (χ2n) is 4.85. The van der Waals surface area contributed by atoms with E-state index in [9.17, 15) is 4.39 Å². The number of halogens is 1. The van der Waals surface area contributed by atoms with Crippen LogP contribution in [0.4, 0.5) is 4.39 Å². The van der Waals surface area contributed by atoms with Crippen molar-refractivity contribution in [3.8, 4) is 11.6 Å². The SMILES string of the molecule is CSc1nc(Oc2ccc(F)cc2)c2sc3ccccc3c2n1. The molecule has 0 bridgehead atoms. The standard InChI is InChI=1S/C17H11FN2OS2/c1-22-17-19-14-12-4-2-3-5-13(12)23-15(14)16(20-17)21-11-8-6-10(18)7-9-11/h2-9H,1H3. The van der Waals surface area contributed by atoms with Crippen LogP contribution in [-0.4, -0.2) is 16.2 Å². The summed E-state index contributed by atoms with van der Waals surface area (Å²) in [6, 6.07) is 14.0. The van der Waals surface area contributed by atoms with Crippen molar-refractivity contribution in [3.05, 3.63) is 54.3 Å². The Morgan fingerprint density at radius 2 is 1.83 bits per heavy atom. The van der Waals surface area contributed by atoms with E-state index in [4.69, 9.17) is 4.74 Å². The number of fused-ring (bicyclic) bond motifs is 3. The molecule has 2 heterocycles. The summed E-state index contributed by atoms with van der Waals surface area (Å²) in [5.41, 5.74) is 0.891. The molecule has 0 fully saturated rings. The largest absolute Gasteiger partial charge is 0.437 e. The van der Waals surface area contributed by atoms with Crippen molar-refractivity contribution in [2.75, 3.05) is 6.26 Å². The maximum Gasteiger partial charge on any atom is 0.241 e. The molecule has 0 saturated carbocycles. The van der Waals surface area contributed by atoms with Crippen molar-refractivity contribution in [1.82, 2.24) is 9.97 Å². The van der Waals surface area contributed by atoms with Crippen LogP contribution in [0.5, 0.6) is 11.6 Å². The molecule has 3 nitrogen and oxygen atoms in total. The summed E-state index contributed by atoms with van der Waals surface area (Å²) in [7, 11) is 0. The molecule has 0 unspecified atom stereocenters. The first-order valence-corrected chi connectivity index (χ1v) is 8.95. The second kappa shape index (κ2) is 5.79. The fraction of sp³-hybridized carbons (Fsp3) is 0.0588. The lowest BCUT2D eigenvalue weighted by molar-refractivity contribution is 0.462. The predicted octanol–water partition coefficient (Wildman–Crippen LogP) is 5.50. The van der Waals surface area contributed by atoms with Crippen molar-refractivity contribution in [1.29, 1.82) is 0 Å². The van der Waals surface area contributed by atoms with Gasteiger partial charge >= 0.3 is 0 Å². The normalized spacial score (nSPS) is 11.2. The number of thiophene rings is 1. The fourth-order valence-electron chi connectivity index (χ4n) is 2.32. The molecular weight excluding hydrogens is 331 g/mol. The minimum absolute atomic E-state index is 0.295. The van der Waals surface area contributed by atoms with Gasteiger partial charge in [0, 0.05) is 10.1 Å². The van der Waals surface area contributed by atoms with Crippen LogP contribution < -0.4 is 4.74 Å². The third-order valence-corrected chi connectivity index (χ3v) is 5.07. The van der Waals surface area contributed by atoms with Gasteiger partial charge in [-0.1, -0.05) is 30.0 Å². The average molecular weight is 342 g/mol. The van der Waals surface area contributed by atoms with Gasteiger partial charge in [0.1, 0.15) is 16.3 Å². The molecule has 0 spiro atoms. The highest BCUT2D eigenvalue weighted by Gasteiger charge is 2.15. The maximum atomic E-state index is 13.1. The zero-order valence-corrected chi connectivity index (χ0v) is 13.7. The number of thioether (sulfide) groups is 1. The van der Waals surface area contributed by atoms with Gasteiger partial charge in [-0.05, 0) is 36.6 Å². The topological polar surface area (TPSA) is 35.0 Å². The first kappa shape index (κ1) is 14.4. The Balaban J connectivity index is 1.91. The number of rotatable bonds is 3. The van der Waals surface area contributed by atoms with Crippen molar-refractivity contribution in [3.63, 3.8) is 0 Å². The van der Waals surface area contributed by atoms with Gasteiger partial charge in [-0.25, -0.2) is 9.37 Å². The van der Waals surface area contributed by atoms with E-state index >= 15 is 0 Å². The van der Waals surface area contributed by atoms with E-state index in [1.54, 1.807) is 23.5 Å². The lowest BCUT2D eigenvalue weighted by Gasteiger charge is -2.06. The van der Waals surface area contributed by atoms with Gasteiger partial charge in [0.25, 0.3) is 0 Å². The molecule has 2 aromatic carbocycles. The number of hydrogen-bond acceptors (Lipinski definition) is 5. The molecule has 2 aromatic heterocycles. The lowest BCUT2D eigenvalue weighted by Crippen LogP contribution is -1.93. The molecular formula is C17H11FN2OS2. The van der Waals surface area contributed by atoms with Gasteiger partial charge in [0.15, 0.2) is 5.16 Å². The zero-order chi connectivity index (χ0) is 15.8. The Labute approximate surface area is 140 Å². The Morgan fingerprint density at radius 1 is 1.04 bits per heavy atom. The van der Waals surface area contributed by atoms with Gasteiger partial charge < -0.3 is 4.74 Å². The number of nitrogens with zero attached hydrogens (tertiary/aromatic N) is 2. The quantitative estimate of drug-likeness (QED) is 0.364. The minimum atomic E-state index is -0.295. The smallest absolute Gasteiger partial charge is 0.241 e. The Kier molecular flexibility index (Phi) is 3.63. The van der Waals surface area contributed by atoms with Gasteiger partial charge in [0.05, 0.1) is 5.52 Å². The molecule has 4 rings (SSSR count). The van der Waals surface area contributed by atoms with Crippen molar-refractivity contribution < 1.29 is 9.13 Å². The lowest BCUT2D eigenvalue weighted by atomic mass is 10.2. The molecule has 6 heteroatoms. The van der Waals surface area contributed by atoms with E-state index in [0.29, 0.717) is 16.8 Å². The zero-order valence-electron chi connectivity index (χ0n) is 12.1. The summed E-state index contributed by atoms with van der Waals surface area (Å²) in [6.07, 6.45) is 1.93. The molecule has 0 aliphatic heterocycles. The molecule has 0 amide bonds. The summed E-state index contributed by atoms with van der Waals surface area (Å²) in [4.78, 5) is 9.10. The van der Waals surface area contributed by atoms with Gasteiger partial charge in [-0.2, -0.15) is 4.98 Å². The van der Waals surface area contributed by atoms with Crippen molar-refractivity contribution >= 4 is 43.4 Å². The van der Waals surface area contributed by atoms with Gasteiger partial charge in [0.2, 0.25) is 5.88 Å². The molecule has 0 N–H and O–H groups in total. The molecule has 0 saturated heterocycles. The maximum absolute atomic E-state index is 13.1. The van der Waals surface area contributed by atoms with Crippen LogP contribution in [0.25, 0.3) is 20.3 Å². The average Bonchev–Trinajstić information content (AvgIpc) is 2.96. The number of benzene rings is 2. The highest BCUT2D eigenvalue weighted by Crippen LogP contribution is 2.39. The molecule has 0 atom stereocenters. The van der Waals surface area contributed by atoms with Crippen LogP contribution in [0.3, 0.4) is 0 Å². The number of ether oxygens (including phenoxy) is 1. The third kappa shape index (κ3) is 2.64. The van der Waals surface area contributed by atoms with Crippen LogP contribution in [0.1, 0.15) is 0 Å². The fourth-order valence-corrected chi connectivity index (χ4v) is 3.75. The Hall–Kier alpha value is -2.18. The van der Waals surface area contributed by atoms with Crippen molar-refractivity contribution in [2.45, 2.75) is 5.16 Å². The van der Waals surface area contributed by atoms with E-state index < -0.39 is 0 Å². The monoisotopic (exact) mass is 342 g/mol. The summed E-state index contributed by atoms with van der Waals surface area (Å²) in [5.74, 6) is 0.764. The molecule has 0 aliphatic carbocycles. The van der Waals surface area contributed by atoms with Gasteiger partial charge in [-0.3, -0.25) is 0 Å². The van der Waals surface area contributed by atoms with Crippen LogP contribution in [0.2, 0.25) is 0 Å². The molecule has 0 aliphatic rings. The number of aromatic nitrogens is 2. The molecule has 23 heavy (non-hydrogen) atoms. The van der Waals surface area contributed by atoms with Crippen LogP contribution in [0.15, 0.2) is 53.7 Å². The van der Waals surface area contributed by atoms with Crippen LogP contribution >= 0.6 is 23.1 Å². The summed E-state index contributed by atoms with van der Waals surface area (Å²) >= 11 is 3.06. The summed E-state index contributed by atoms with van der Waals surface area (Å²) in [5, 5.41) is 1.74. The Bertz CT molecular complexity index is 999. The second-order valence-corrected chi connectivity index (χ2v) is 6.67. The first-order valence-electron chi connectivity index (χ1n) is 6.91. The van der Waals surface area contributed by atoms with E-state index in [1.165, 1.54) is 23.9 Å². The Morgan fingerprint density at radius 3 is 2.61 bits per heavy atom. The molecule has 114 valence electrons. The summed E-state index contributed by atoms with van der Waals surface area (Å²) < 4.78 is 21.0. The van der Waals surface area contributed by atoms with Crippen LogP contribution in [0, 0.1) is 5.82 Å². The number of hydrogen-bond donors (Lipinski definition) is 0. The van der Waals surface area contributed by atoms with E-state index in [2.05, 4.69) is 16.0 Å².